The molecule has 4 heteroatoms. The maximum atomic E-state index is 11.0. The minimum atomic E-state index is -0.285. The molecule has 3 N–H and O–H groups in total. The SMILES string of the molecule is CC(=O)Nc1cccc(NC2CCCCCC2O)c1. The minimum absolute atomic E-state index is 0.0772. The van der Waals surface area contributed by atoms with E-state index in [-0.39, 0.29) is 18.1 Å². The molecule has 0 bridgehead atoms. The number of aliphatic hydroxyl groups is 1. The molecule has 4 nitrogen and oxygen atoms in total. The van der Waals surface area contributed by atoms with Crippen molar-refractivity contribution in [1.29, 1.82) is 0 Å². The Bertz CT molecular complexity index is 434. The smallest absolute Gasteiger partial charge is 0.221 e. The van der Waals surface area contributed by atoms with Crippen LogP contribution in [0, 0.1) is 0 Å². The van der Waals surface area contributed by atoms with Gasteiger partial charge in [-0.1, -0.05) is 25.3 Å². The van der Waals surface area contributed by atoms with Crippen LogP contribution in [0.4, 0.5) is 11.4 Å². The highest BCUT2D eigenvalue weighted by molar-refractivity contribution is 5.89. The van der Waals surface area contributed by atoms with Crippen molar-refractivity contribution in [2.45, 2.75) is 51.2 Å². The Kier molecular flexibility index (Phi) is 4.80. The van der Waals surface area contributed by atoms with E-state index in [4.69, 9.17) is 0 Å². The van der Waals surface area contributed by atoms with Gasteiger partial charge in [-0.25, -0.2) is 0 Å². The minimum Gasteiger partial charge on any atom is -0.391 e. The van der Waals surface area contributed by atoms with Gasteiger partial charge in [-0.05, 0) is 31.0 Å². The second-order valence-electron chi connectivity index (χ2n) is 5.22. The molecule has 0 aliphatic heterocycles. The summed E-state index contributed by atoms with van der Waals surface area (Å²) in [6, 6.07) is 7.73. The fraction of sp³-hybridized carbons (Fsp3) is 0.533. The van der Waals surface area contributed by atoms with Crippen LogP contribution in [-0.2, 0) is 4.79 Å². The molecule has 2 unspecified atom stereocenters. The van der Waals surface area contributed by atoms with Crippen LogP contribution in [0.3, 0.4) is 0 Å². The zero-order chi connectivity index (χ0) is 13.7. The average molecular weight is 262 g/mol. The predicted octanol–water partition coefficient (Wildman–Crippen LogP) is 2.75. The molecule has 0 radical (unpaired) electrons. The van der Waals surface area contributed by atoms with Crippen molar-refractivity contribution in [3.05, 3.63) is 24.3 Å². The van der Waals surface area contributed by atoms with Crippen LogP contribution in [0.25, 0.3) is 0 Å². The monoisotopic (exact) mass is 262 g/mol. The van der Waals surface area contributed by atoms with Crippen LogP contribution in [0.2, 0.25) is 0 Å². The summed E-state index contributed by atoms with van der Waals surface area (Å²) >= 11 is 0. The molecule has 0 aromatic heterocycles. The van der Waals surface area contributed by atoms with E-state index in [9.17, 15) is 9.90 Å². The summed E-state index contributed by atoms with van der Waals surface area (Å²) in [5.74, 6) is -0.0772. The van der Waals surface area contributed by atoms with Gasteiger partial charge in [-0.3, -0.25) is 4.79 Å². The largest absolute Gasteiger partial charge is 0.391 e. The van der Waals surface area contributed by atoms with Crippen LogP contribution in [0.1, 0.15) is 39.0 Å². The van der Waals surface area contributed by atoms with Crippen molar-refractivity contribution in [2.75, 3.05) is 10.6 Å². The fourth-order valence-electron chi connectivity index (χ4n) is 2.56. The van der Waals surface area contributed by atoms with Gasteiger partial charge < -0.3 is 15.7 Å². The molecule has 1 aromatic rings. The Morgan fingerprint density at radius 3 is 2.74 bits per heavy atom. The molecule has 2 atom stereocenters. The maximum absolute atomic E-state index is 11.0. The number of carbonyl (C=O) groups excluding carboxylic acids is 1. The summed E-state index contributed by atoms with van der Waals surface area (Å²) in [5.41, 5.74) is 1.72. The molecule has 0 spiro atoms. The second-order valence-corrected chi connectivity index (χ2v) is 5.22. The third kappa shape index (κ3) is 4.24. The van der Waals surface area contributed by atoms with Crippen molar-refractivity contribution in [3.63, 3.8) is 0 Å². The molecule has 0 heterocycles. The molecule has 104 valence electrons. The van der Waals surface area contributed by atoms with Crippen molar-refractivity contribution in [3.8, 4) is 0 Å². The quantitative estimate of drug-likeness (QED) is 0.734. The molecule has 1 aliphatic rings. The highest BCUT2D eigenvalue weighted by Crippen LogP contribution is 2.23. The highest BCUT2D eigenvalue weighted by atomic mass is 16.3. The summed E-state index contributed by atoms with van der Waals surface area (Å²) in [7, 11) is 0. The van der Waals surface area contributed by atoms with Gasteiger partial charge in [0.05, 0.1) is 12.1 Å². The molecule has 1 amide bonds. The average Bonchev–Trinajstić information content (AvgIpc) is 2.55. The zero-order valence-electron chi connectivity index (χ0n) is 11.4. The van der Waals surface area contributed by atoms with Crippen LogP contribution in [0.5, 0.6) is 0 Å². The van der Waals surface area contributed by atoms with Crippen LogP contribution in [-0.4, -0.2) is 23.2 Å². The first-order valence-electron chi connectivity index (χ1n) is 6.97. The zero-order valence-corrected chi connectivity index (χ0v) is 11.4. The summed E-state index contributed by atoms with van der Waals surface area (Å²) < 4.78 is 0. The molecule has 1 fully saturated rings. The molecule has 2 rings (SSSR count). The molecule has 1 aromatic carbocycles. The number of nitrogens with one attached hydrogen (secondary N) is 2. The van der Waals surface area contributed by atoms with Gasteiger partial charge in [0.25, 0.3) is 0 Å². The van der Waals surface area contributed by atoms with Gasteiger partial charge in [0.15, 0.2) is 0 Å². The van der Waals surface area contributed by atoms with Crippen molar-refractivity contribution in [2.24, 2.45) is 0 Å². The number of hydrogen-bond acceptors (Lipinski definition) is 3. The summed E-state index contributed by atoms with van der Waals surface area (Å²) in [4.78, 5) is 11.0. The third-order valence-corrected chi connectivity index (χ3v) is 3.51. The number of carbonyl (C=O) groups is 1. The number of anilines is 2. The van der Waals surface area contributed by atoms with Crippen molar-refractivity contribution < 1.29 is 9.90 Å². The molecule has 0 saturated heterocycles. The highest BCUT2D eigenvalue weighted by Gasteiger charge is 2.21. The Balaban J connectivity index is 2.03. The third-order valence-electron chi connectivity index (χ3n) is 3.51. The summed E-state index contributed by atoms with van der Waals surface area (Å²) in [5, 5.41) is 16.2. The van der Waals surface area contributed by atoms with Crippen LogP contribution < -0.4 is 10.6 Å². The van der Waals surface area contributed by atoms with Crippen LogP contribution >= 0.6 is 0 Å². The number of rotatable bonds is 3. The topological polar surface area (TPSA) is 61.4 Å². The molecule has 1 aliphatic carbocycles. The second kappa shape index (κ2) is 6.57. The van der Waals surface area contributed by atoms with E-state index in [1.807, 2.05) is 24.3 Å². The van der Waals surface area contributed by atoms with Crippen molar-refractivity contribution in [1.82, 2.24) is 0 Å². The molecular formula is C15H22N2O2. The lowest BCUT2D eigenvalue weighted by Crippen LogP contribution is -2.32. The number of aliphatic hydroxyl groups excluding tert-OH is 1. The normalized spacial score (nSPS) is 23.5. The van der Waals surface area contributed by atoms with Crippen molar-refractivity contribution >= 4 is 17.3 Å². The van der Waals surface area contributed by atoms with Gasteiger partial charge in [-0.15, -0.1) is 0 Å². The van der Waals surface area contributed by atoms with E-state index in [2.05, 4.69) is 10.6 Å². The maximum Gasteiger partial charge on any atom is 0.221 e. The fourth-order valence-corrected chi connectivity index (χ4v) is 2.56. The Morgan fingerprint density at radius 1 is 1.21 bits per heavy atom. The van der Waals surface area contributed by atoms with E-state index >= 15 is 0 Å². The summed E-state index contributed by atoms with van der Waals surface area (Å²) in [6.45, 7) is 1.50. The van der Waals surface area contributed by atoms with Gasteiger partial charge in [0.2, 0.25) is 5.91 Å². The van der Waals surface area contributed by atoms with Gasteiger partial charge >= 0.3 is 0 Å². The Hall–Kier alpha value is -1.55. The Morgan fingerprint density at radius 2 is 1.95 bits per heavy atom. The predicted molar refractivity (Wildman–Crippen MR) is 77.2 cm³/mol. The number of hydrogen-bond donors (Lipinski definition) is 3. The standard InChI is InChI=1S/C15H22N2O2/c1-11(18)16-12-6-5-7-13(10-12)17-14-8-3-2-4-9-15(14)19/h5-7,10,14-15,17,19H,2-4,8-9H2,1H3,(H,16,18). The number of amides is 1. The molecule has 1 saturated carbocycles. The first-order valence-corrected chi connectivity index (χ1v) is 6.97. The van der Waals surface area contributed by atoms with E-state index in [1.54, 1.807) is 0 Å². The van der Waals surface area contributed by atoms with E-state index in [0.717, 1.165) is 37.1 Å². The van der Waals surface area contributed by atoms with Gasteiger partial charge in [-0.2, -0.15) is 0 Å². The van der Waals surface area contributed by atoms with Gasteiger partial charge in [0.1, 0.15) is 0 Å². The lowest BCUT2D eigenvalue weighted by Gasteiger charge is -2.23. The molecule has 19 heavy (non-hydrogen) atoms. The Labute approximate surface area is 114 Å². The van der Waals surface area contributed by atoms with E-state index in [1.165, 1.54) is 13.3 Å². The first kappa shape index (κ1) is 13.9. The van der Waals surface area contributed by atoms with Crippen LogP contribution in [0.15, 0.2) is 24.3 Å². The molecular weight excluding hydrogens is 240 g/mol. The first-order chi connectivity index (χ1) is 9.15. The number of benzene rings is 1. The van der Waals surface area contributed by atoms with E-state index in [0.29, 0.717) is 0 Å². The lowest BCUT2D eigenvalue weighted by molar-refractivity contribution is -0.114. The lowest BCUT2D eigenvalue weighted by atomic mass is 10.1. The van der Waals surface area contributed by atoms with Gasteiger partial charge in [0, 0.05) is 18.3 Å². The summed E-state index contributed by atoms with van der Waals surface area (Å²) in [6.07, 6.45) is 5.02. The van der Waals surface area contributed by atoms with E-state index < -0.39 is 0 Å².